The number of nitrogens with one attached hydrogen (secondary N) is 1. The van der Waals surface area contributed by atoms with Crippen molar-refractivity contribution in [1.29, 1.82) is 0 Å². The summed E-state index contributed by atoms with van der Waals surface area (Å²) >= 11 is 0. The molecule has 0 radical (unpaired) electrons. The van der Waals surface area contributed by atoms with E-state index < -0.39 is 11.4 Å². The Balaban J connectivity index is 2.35. The first kappa shape index (κ1) is 13.2. The molecular weight excluding hydrogens is 248 g/mol. The van der Waals surface area contributed by atoms with Crippen LogP contribution in [0, 0.1) is 0 Å². The highest BCUT2D eigenvalue weighted by molar-refractivity contribution is 6.01. The first-order chi connectivity index (χ1) is 8.84. The molecule has 1 aromatic rings. The number of aromatic hydroxyl groups is 2. The molecule has 19 heavy (non-hydrogen) atoms. The van der Waals surface area contributed by atoms with Crippen molar-refractivity contribution >= 4 is 11.8 Å². The van der Waals surface area contributed by atoms with Gasteiger partial charge in [0.1, 0.15) is 17.0 Å². The molecule has 0 bridgehead atoms. The smallest absolute Gasteiger partial charge is 0.258 e. The van der Waals surface area contributed by atoms with Gasteiger partial charge in [0, 0.05) is 19.2 Å². The van der Waals surface area contributed by atoms with Crippen LogP contribution in [0.5, 0.6) is 11.5 Å². The zero-order valence-corrected chi connectivity index (χ0v) is 10.8. The third kappa shape index (κ3) is 2.21. The molecule has 1 saturated heterocycles. The molecule has 0 atom stereocenters. The Hall–Kier alpha value is -2.24. The van der Waals surface area contributed by atoms with Crippen molar-refractivity contribution in [3.8, 4) is 11.5 Å². The number of hydrogen-bond acceptors (Lipinski definition) is 4. The van der Waals surface area contributed by atoms with Gasteiger partial charge in [-0.25, -0.2) is 0 Å². The molecule has 1 heterocycles. The number of piperazine rings is 1. The van der Waals surface area contributed by atoms with Crippen molar-refractivity contribution in [2.75, 3.05) is 13.1 Å². The van der Waals surface area contributed by atoms with E-state index >= 15 is 0 Å². The molecule has 0 aromatic heterocycles. The van der Waals surface area contributed by atoms with Crippen LogP contribution in [0.3, 0.4) is 0 Å². The van der Waals surface area contributed by atoms with Gasteiger partial charge in [-0.3, -0.25) is 9.59 Å². The van der Waals surface area contributed by atoms with Crippen molar-refractivity contribution in [3.63, 3.8) is 0 Å². The van der Waals surface area contributed by atoms with Crippen LogP contribution in [-0.2, 0) is 4.79 Å². The predicted molar refractivity (Wildman–Crippen MR) is 67.9 cm³/mol. The average molecular weight is 264 g/mol. The van der Waals surface area contributed by atoms with E-state index in [2.05, 4.69) is 5.32 Å². The van der Waals surface area contributed by atoms with Gasteiger partial charge in [0.2, 0.25) is 5.91 Å². The largest absolute Gasteiger partial charge is 0.508 e. The third-order valence-corrected chi connectivity index (χ3v) is 3.31. The van der Waals surface area contributed by atoms with Crippen molar-refractivity contribution in [3.05, 3.63) is 23.8 Å². The molecule has 0 aliphatic carbocycles. The van der Waals surface area contributed by atoms with Gasteiger partial charge in [0.25, 0.3) is 5.91 Å². The normalized spacial score (nSPS) is 18.0. The maximum absolute atomic E-state index is 12.4. The number of carbonyl (C=O) groups excluding carboxylic acids is 2. The molecule has 6 heteroatoms. The van der Waals surface area contributed by atoms with Crippen LogP contribution in [-0.4, -0.2) is 45.6 Å². The highest BCUT2D eigenvalue weighted by Gasteiger charge is 2.41. The Kier molecular flexibility index (Phi) is 3.09. The van der Waals surface area contributed by atoms with E-state index in [1.54, 1.807) is 13.8 Å². The van der Waals surface area contributed by atoms with Crippen LogP contribution in [0.25, 0.3) is 0 Å². The van der Waals surface area contributed by atoms with Gasteiger partial charge in [0.15, 0.2) is 0 Å². The Morgan fingerprint density at radius 3 is 2.68 bits per heavy atom. The molecule has 1 fully saturated rings. The molecule has 6 nitrogen and oxygen atoms in total. The third-order valence-electron chi connectivity index (χ3n) is 3.31. The summed E-state index contributed by atoms with van der Waals surface area (Å²) in [6.45, 7) is 4.05. The molecule has 3 N–H and O–H groups in total. The lowest BCUT2D eigenvalue weighted by atomic mass is 9.97. The number of phenols is 2. The molecule has 2 rings (SSSR count). The SMILES string of the molecule is CC1(C)C(=O)NCCN1C(=O)c1ccc(O)cc1O. The van der Waals surface area contributed by atoms with E-state index in [4.69, 9.17) is 0 Å². The van der Waals surface area contributed by atoms with Crippen molar-refractivity contribution < 1.29 is 19.8 Å². The monoisotopic (exact) mass is 264 g/mol. The first-order valence-electron chi connectivity index (χ1n) is 5.96. The van der Waals surface area contributed by atoms with E-state index in [1.807, 2.05) is 0 Å². The second-order valence-corrected chi connectivity index (χ2v) is 4.97. The Labute approximate surface area is 110 Å². The molecule has 1 aliphatic rings. The maximum Gasteiger partial charge on any atom is 0.258 e. The van der Waals surface area contributed by atoms with Gasteiger partial charge in [-0.05, 0) is 26.0 Å². The van der Waals surface area contributed by atoms with Gasteiger partial charge in [-0.15, -0.1) is 0 Å². The number of amides is 2. The summed E-state index contributed by atoms with van der Waals surface area (Å²) in [5.74, 6) is -1.08. The summed E-state index contributed by atoms with van der Waals surface area (Å²) in [4.78, 5) is 25.6. The summed E-state index contributed by atoms with van der Waals surface area (Å²) in [6, 6.07) is 3.77. The number of nitrogens with zero attached hydrogens (tertiary/aromatic N) is 1. The molecule has 1 aliphatic heterocycles. The number of rotatable bonds is 1. The second-order valence-electron chi connectivity index (χ2n) is 4.97. The average Bonchev–Trinajstić information content (AvgIpc) is 2.32. The van der Waals surface area contributed by atoms with E-state index in [9.17, 15) is 19.8 Å². The minimum Gasteiger partial charge on any atom is -0.508 e. The lowest BCUT2D eigenvalue weighted by Gasteiger charge is -2.41. The maximum atomic E-state index is 12.4. The zero-order valence-electron chi connectivity index (χ0n) is 10.8. The molecule has 0 saturated carbocycles. The fourth-order valence-corrected chi connectivity index (χ4v) is 2.10. The minimum absolute atomic E-state index is 0.0700. The molecule has 0 spiro atoms. The fourth-order valence-electron chi connectivity index (χ4n) is 2.10. The molecule has 2 amide bonds. The van der Waals surface area contributed by atoms with Crippen molar-refractivity contribution in [2.45, 2.75) is 19.4 Å². The van der Waals surface area contributed by atoms with Crippen LogP contribution in [0.15, 0.2) is 18.2 Å². The summed E-state index contributed by atoms with van der Waals surface area (Å²) in [6.07, 6.45) is 0. The molecule has 1 aromatic carbocycles. The topological polar surface area (TPSA) is 89.9 Å². The van der Waals surface area contributed by atoms with E-state index in [-0.39, 0.29) is 23.0 Å². The Bertz CT molecular complexity index is 539. The van der Waals surface area contributed by atoms with Crippen LogP contribution in [0.2, 0.25) is 0 Å². The summed E-state index contributed by atoms with van der Waals surface area (Å²) in [5.41, 5.74) is -0.903. The highest BCUT2D eigenvalue weighted by Crippen LogP contribution is 2.27. The second kappa shape index (κ2) is 4.46. The van der Waals surface area contributed by atoms with Crippen LogP contribution < -0.4 is 5.32 Å². The first-order valence-corrected chi connectivity index (χ1v) is 5.96. The van der Waals surface area contributed by atoms with Crippen LogP contribution in [0.1, 0.15) is 24.2 Å². The lowest BCUT2D eigenvalue weighted by molar-refractivity contribution is -0.133. The molecular formula is C13H16N2O4. The number of phenolic OH excluding ortho intramolecular Hbond substituents is 2. The molecule has 0 unspecified atom stereocenters. The van der Waals surface area contributed by atoms with E-state index in [0.29, 0.717) is 13.1 Å². The Morgan fingerprint density at radius 1 is 1.37 bits per heavy atom. The van der Waals surface area contributed by atoms with Crippen LogP contribution >= 0.6 is 0 Å². The van der Waals surface area contributed by atoms with Gasteiger partial charge < -0.3 is 20.4 Å². The van der Waals surface area contributed by atoms with E-state index in [1.165, 1.54) is 17.0 Å². The van der Waals surface area contributed by atoms with Crippen LogP contribution in [0.4, 0.5) is 0 Å². The standard InChI is InChI=1S/C13H16N2O4/c1-13(2)12(19)14-5-6-15(13)11(18)9-4-3-8(16)7-10(9)17/h3-4,7,16-17H,5-6H2,1-2H3,(H,14,19). The zero-order chi connectivity index (χ0) is 14.2. The highest BCUT2D eigenvalue weighted by atomic mass is 16.3. The quantitative estimate of drug-likeness (QED) is 0.687. The predicted octanol–water partition coefficient (Wildman–Crippen LogP) is 0.448. The van der Waals surface area contributed by atoms with Gasteiger partial charge in [0.05, 0.1) is 5.56 Å². The fraction of sp³-hybridized carbons (Fsp3) is 0.385. The Morgan fingerprint density at radius 2 is 2.05 bits per heavy atom. The van der Waals surface area contributed by atoms with Crippen molar-refractivity contribution in [2.24, 2.45) is 0 Å². The van der Waals surface area contributed by atoms with Gasteiger partial charge >= 0.3 is 0 Å². The molecule has 102 valence electrons. The summed E-state index contributed by atoms with van der Waals surface area (Å²) in [5, 5.41) is 21.6. The minimum atomic E-state index is -0.973. The number of carbonyl (C=O) groups is 2. The summed E-state index contributed by atoms with van der Waals surface area (Å²) < 4.78 is 0. The number of hydrogen-bond donors (Lipinski definition) is 3. The number of benzene rings is 1. The van der Waals surface area contributed by atoms with Gasteiger partial charge in [-0.1, -0.05) is 0 Å². The van der Waals surface area contributed by atoms with Crippen molar-refractivity contribution in [1.82, 2.24) is 10.2 Å². The van der Waals surface area contributed by atoms with E-state index in [0.717, 1.165) is 6.07 Å². The summed E-state index contributed by atoms with van der Waals surface area (Å²) in [7, 11) is 0. The van der Waals surface area contributed by atoms with Gasteiger partial charge in [-0.2, -0.15) is 0 Å². The lowest BCUT2D eigenvalue weighted by Crippen LogP contribution is -2.63.